The number of thiazole rings is 1. The van der Waals surface area contributed by atoms with E-state index in [1.807, 2.05) is 86.6 Å². The van der Waals surface area contributed by atoms with Gasteiger partial charge >= 0.3 is 0 Å². The number of aromatic nitrogens is 1. The maximum absolute atomic E-state index is 13.4. The Morgan fingerprint density at radius 3 is 2.58 bits per heavy atom. The monoisotopic (exact) mass is 525 g/mol. The highest BCUT2D eigenvalue weighted by molar-refractivity contribution is 7.14. The molecule has 1 aliphatic rings. The van der Waals surface area contributed by atoms with E-state index in [0.717, 1.165) is 45.9 Å². The van der Waals surface area contributed by atoms with Crippen LogP contribution in [-0.4, -0.2) is 29.4 Å². The zero-order valence-electron chi connectivity index (χ0n) is 21.6. The molecular weight excluding hydrogens is 494 g/mol. The van der Waals surface area contributed by atoms with E-state index in [1.54, 1.807) is 0 Å². The van der Waals surface area contributed by atoms with Crippen molar-refractivity contribution >= 4 is 23.2 Å². The van der Waals surface area contributed by atoms with Crippen LogP contribution in [0.25, 0.3) is 11.3 Å². The van der Waals surface area contributed by atoms with Crippen LogP contribution < -0.4 is 15.4 Å². The number of benzene rings is 3. The summed E-state index contributed by atoms with van der Waals surface area (Å²) in [6, 6.07) is 23.6. The molecule has 0 saturated heterocycles. The van der Waals surface area contributed by atoms with E-state index in [4.69, 9.17) is 9.72 Å². The second kappa shape index (κ2) is 11.6. The summed E-state index contributed by atoms with van der Waals surface area (Å²) in [6.07, 6.45) is 2.63. The van der Waals surface area contributed by atoms with Crippen LogP contribution in [0.1, 0.15) is 61.5 Å². The molecule has 0 unspecified atom stereocenters. The van der Waals surface area contributed by atoms with E-state index in [-0.39, 0.29) is 11.8 Å². The lowest BCUT2D eigenvalue weighted by molar-refractivity contribution is 0.0944. The van der Waals surface area contributed by atoms with Crippen molar-refractivity contribution < 1.29 is 14.3 Å². The summed E-state index contributed by atoms with van der Waals surface area (Å²) in [7, 11) is 0. The van der Waals surface area contributed by atoms with Gasteiger partial charge in [0, 0.05) is 30.1 Å². The first-order chi connectivity index (χ1) is 18.5. The lowest BCUT2D eigenvalue weighted by Gasteiger charge is -2.08. The number of rotatable bonds is 10. The number of hydrogen-bond donors (Lipinski definition) is 2. The SMILES string of the molecule is CCOc1cccc(-c2nc(Cc3cc(C(=O)NC4CC4)ccc3C)sc2C(=O)NCc2ccccc2)c1. The molecule has 0 bridgehead atoms. The van der Waals surface area contributed by atoms with Crippen LogP contribution in [0.3, 0.4) is 0 Å². The third-order valence-corrected chi connectivity index (χ3v) is 7.51. The molecule has 0 aliphatic heterocycles. The molecule has 1 heterocycles. The van der Waals surface area contributed by atoms with Gasteiger partial charge in [0.05, 0.1) is 17.3 Å². The van der Waals surface area contributed by atoms with E-state index in [0.29, 0.717) is 41.7 Å². The molecule has 5 rings (SSSR count). The molecule has 4 aromatic rings. The summed E-state index contributed by atoms with van der Waals surface area (Å²) in [5.74, 6) is 0.534. The zero-order chi connectivity index (χ0) is 26.5. The third-order valence-electron chi connectivity index (χ3n) is 6.46. The predicted molar refractivity (Wildman–Crippen MR) is 151 cm³/mol. The van der Waals surface area contributed by atoms with E-state index >= 15 is 0 Å². The van der Waals surface area contributed by atoms with Crippen molar-refractivity contribution in [3.05, 3.63) is 105 Å². The second-order valence-corrected chi connectivity index (χ2v) is 10.6. The van der Waals surface area contributed by atoms with E-state index in [2.05, 4.69) is 10.6 Å². The normalized spacial score (nSPS) is 12.7. The highest BCUT2D eigenvalue weighted by Gasteiger charge is 2.24. The van der Waals surface area contributed by atoms with Crippen molar-refractivity contribution in [2.45, 2.75) is 45.7 Å². The molecular formula is C31H31N3O3S. The Balaban J connectivity index is 1.44. The minimum atomic E-state index is -0.163. The van der Waals surface area contributed by atoms with Gasteiger partial charge < -0.3 is 15.4 Å². The first-order valence-electron chi connectivity index (χ1n) is 13.0. The van der Waals surface area contributed by atoms with Gasteiger partial charge in [-0.1, -0.05) is 48.5 Å². The van der Waals surface area contributed by atoms with Crippen molar-refractivity contribution in [2.75, 3.05) is 6.61 Å². The van der Waals surface area contributed by atoms with Gasteiger partial charge in [-0.15, -0.1) is 11.3 Å². The van der Waals surface area contributed by atoms with Crippen molar-refractivity contribution in [1.82, 2.24) is 15.6 Å². The summed E-state index contributed by atoms with van der Waals surface area (Å²) in [5.41, 5.74) is 5.25. The molecule has 0 atom stereocenters. The molecule has 194 valence electrons. The Hall–Kier alpha value is -3.97. The maximum atomic E-state index is 13.4. The van der Waals surface area contributed by atoms with Crippen LogP contribution in [0.4, 0.5) is 0 Å². The number of ether oxygens (including phenoxy) is 1. The number of amides is 2. The molecule has 38 heavy (non-hydrogen) atoms. The van der Waals surface area contributed by atoms with Crippen LogP contribution in [0.2, 0.25) is 0 Å². The molecule has 1 aliphatic carbocycles. The van der Waals surface area contributed by atoms with Crippen LogP contribution >= 0.6 is 11.3 Å². The molecule has 1 fully saturated rings. The van der Waals surface area contributed by atoms with E-state index in [9.17, 15) is 9.59 Å². The van der Waals surface area contributed by atoms with Crippen molar-refractivity contribution in [3.63, 3.8) is 0 Å². The van der Waals surface area contributed by atoms with Gasteiger partial charge in [-0.25, -0.2) is 4.98 Å². The van der Waals surface area contributed by atoms with Crippen molar-refractivity contribution in [3.8, 4) is 17.0 Å². The maximum Gasteiger partial charge on any atom is 0.263 e. The van der Waals surface area contributed by atoms with Crippen LogP contribution in [-0.2, 0) is 13.0 Å². The largest absolute Gasteiger partial charge is 0.494 e. The lowest BCUT2D eigenvalue weighted by Crippen LogP contribution is -2.25. The van der Waals surface area contributed by atoms with Gasteiger partial charge in [0.25, 0.3) is 11.8 Å². The molecule has 3 aromatic carbocycles. The van der Waals surface area contributed by atoms with Crippen LogP contribution in [0, 0.1) is 6.92 Å². The number of carbonyl (C=O) groups excluding carboxylic acids is 2. The predicted octanol–water partition coefficient (Wildman–Crippen LogP) is 5.93. The fraction of sp³-hybridized carbons (Fsp3) is 0.258. The Morgan fingerprint density at radius 2 is 1.82 bits per heavy atom. The third kappa shape index (κ3) is 6.29. The van der Waals surface area contributed by atoms with Gasteiger partial charge in [0.15, 0.2) is 0 Å². The molecule has 1 aromatic heterocycles. The fourth-order valence-corrected chi connectivity index (χ4v) is 5.24. The van der Waals surface area contributed by atoms with Gasteiger partial charge in [-0.2, -0.15) is 0 Å². The summed E-state index contributed by atoms with van der Waals surface area (Å²) < 4.78 is 5.70. The molecule has 0 spiro atoms. The Labute approximate surface area is 227 Å². The number of nitrogens with one attached hydrogen (secondary N) is 2. The number of aryl methyl sites for hydroxylation is 1. The van der Waals surface area contributed by atoms with Crippen LogP contribution in [0.15, 0.2) is 72.8 Å². The van der Waals surface area contributed by atoms with Gasteiger partial charge in [0.1, 0.15) is 10.6 Å². The number of carbonyl (C=O) groups is 2. The summed E-state index contributed by atoms with van der Waals surface area (Å²) in [4.78, 5) is 31.5. The highest BCUT2D eigenvalue weighted by atomic mass is 32.1. The Morgan fingerprint density at radius 1 is 1.00 bits per heavy atom. The molecule has 6 nitrogen and oxygen atoms in total. The quantitative estimate of drug-likeness (QED) is 0.269. The molecule has 2 N–H and O–H groups in total. The highest BCUT2D eigenvalue weighted by Crippen LogP contribution is 2.32. The van der Waals surface area contributed by atoms with E-state index in [1.165, 1.54) is 11.3 Å². The van der Waals surface area contributed by atoms with Gasteiger partial charge in [-0.3, -0.25) is 9.59 Å². The topological polar surface area (TPSA) is 80.3 Å². The smallest absolute Gasteiger partial charge is 0.263 e. The van der Waals surface area contributed by atoms with Crippen molar-refractivity contribution in [1.29, 1.82) is 0 Å². The molecule has 0 radical (unpaired) electrons. The second-order valence-electron chi connectivity index (χ2n) is 9.48. The summed E-state index contributed by atoms with van der Waals surface area (Å²) in [6.45, 7) is 4.96. The van der Waals surface area contributed by atoms with Crippen LogP contribution in [0.5, 0.6) is 5.75 Å². The average molecular weight is 526 g/mol. The summed E-state index contributed by atoms with van der Waals surface area (Å²) in [5, 5.41) is 6.92. The minimum Gasteiger partial charge on any atom is -0.494 e. The van der Waals surface area contributed by atoms with Crippen molar-refractivity contribution in [2.24, 2.45) is 0 Å². The van der Waals surface area contributed by atoms with Gasteiger partial charge in [0.2, 0.25) is 0 Å². The van der Waals surface area contributed by atoms with E-state index < -0.39 is 0 Å². The minimum absolute atomic E-state index is 0.0395. The lowest BCUT2D eigenvalue weighted by atomic mass is 10.0. The molecule has 2 amide bonds. The average Bonchev–Trinajstić information content (AvgIpc) is 3.65. The zero-order valence-corrected chi connectivity index (χ0v) is 22.4. The number of hydrogen-bond acceptors (Lipinski definition) is 5. The standard InChI is InChI=1S/C31H31N3O3S/c1-3-37-26-11-7-10-22(17-26)28-29(31(36)32-19-21-8-5-4-6-9-21)38-27(34-28)18-24-16-23(13-12-20(24)2)30(35)33-25-14-15-25/h4-13,16-17,25H,3,14-15,18-19H2,1-2H3,(H,32,36)(H,33,35). The Kier molecular flexibility index (Phi) is 7.84. The first-order valence-corrected chi connectivity index (χ1v) is 13.8. The fourth-order valence-electron chi connectivity index (χ4n) is 4.21. The Bertz CT molecular complexity index is 1440. The van der Waals surface area contributed by atoms with Gasteiger partial charge in [-0.05, 0) is 67.6 Å². The summed E-state index contributed by atoms with van der Waals surface area (Å²) >= 11 is 1.39. The molecule has 1 saturated carbocycles. The first kappa shape index (κ1) is 25.7. The number of nitrogens with zero attached hydrogens (tertiary/aromatic N) is 1. The molecule has 7 heteroatoms.